The number of anilines is 1. The van der Waals surface area contributed by atoms with Gasteiger partial charge in [-0.25, -0.2) is 0 Å². The summed E-state index contributed by atoms with van der Waals surface area (Å²) >= 11 is 0.685. The van der Waals surface area contributed by atoms with E-state index in [9.17, 15) is 27.6 Å². The minimum absolute atomic E-state index is 0.00122. The first-order chi connectivity index (χ1) is 16.8. The van der Waals surface area contributed by atoms with E-state index in [1.807, 2.05) is 32.9 Å². The summed E-state index contributed by atoms with van der Waals surface area (Å²) in [6.45, 7) is 5.19. The Bertz CT molecular complexity index is 1240. The molecule has 36 heavy (non-hydrogen) atoms. The number of rotatable bonds is 7. The number of imide groups is 1. The van der Waals surface area contributed by atoms with E-state index in [4.69, 9.17) is 9.47 Å². The van der Waals surface area contributed by atoms with Gasteiger partial charge < -0.3 is 14.8 Å². The molecule has 0 saturated carbocycles. The molecule has 2 aromatic carbocycles. The van der Waals surface area contributed by atoms with Crippen molar-refractivity contribution in [1.29, 1.82) is 0 Å². The third-order valence-corrected chi connectivity index (χ3v) is 6.41. The van der Waals surface area contributed by atoms with Gasteiger partial charge in [0.15, 0.2) is 0 Å². The second-order valence-corrected chi connectivity index (χ2v) is 9.33. The van der Waals surface area contributed by atoms with Gasteiger partial charge in [0.05, 0.1) is 30.4 Å². The molecule has 0 unspecified atom stereocenters. The van der Waals surface area contributed by atoms with Crippen LogP contribution in [0.25, 0.3) is 6.08 Å². The molecule has 3 rings (SSSR count). The lowest BCUT2D eigenvalue weighted by Crippen LogP contribution is -2.36. The van der Waals surface area contributed by atoms with Gasteiger partial charge >= 0.3 is 6.18 Å². The standard InChI is InChI=1S/C25H25F3N2O5S/c1-13(2)17-9-15(14(3)8-20(17)35-5)10-21-23(32)30(24(33)36-21)12-22(31)29-18-11-16(25(26,27)28)6-7-19(18)34-4/h6-11,13H,12H2,1-5H3,(H,29,31)/b21-10-. The fourth-order valence-electron chi connectivity index (χ4n) is 3.59. The molecule has 0 spiro atoms. The van der Waals surface area contributed by atoms with Gasteiger partial charge in [-0.15, -0.1) is 0 Å². The number of amides is 3. The number of nitrogens with zero attached hydrogens (tertiary/aromatic N) is 1. The number of alkyl halides is 3. The molecule has 2 aromatic rings. The van der Waals surface area contributed by atoms with Crippen LogP contribution in [0.3, 0.4) is 0 Å². The average Bonchev–Trinajstić information content (AvgIpc) is 3.06. The summed E-state index contributed by atoms with van der Waals surface area (Å²) in [5, 5.41) is 1.64. The van der Waals surface area contributed by atoms with Crippen LogP contribution in [0.4, 0.5) is 23.7 Å². The van der Waals surface area contributed by atoms with Crippen LogP contribution in [-0.2, 0) is 15.8 Å². The first-order valence-corrected chi connectivity index (χ1v) is 11.7. The summed E-state index contributed by atoms with van der Waals surface area (Å²) in [5.41, 5.74) is 1.28. The molecule has 3 amide bonds. The molecule has 11 heteroatoms. The molecule has 0 aliphatic carbocycles. The number of halogens is 3. The number of thioether (sulfide) groups is 1. The van der Waals surface area contributed by atoms with Crippen LogP contribution in [-0.4, -0.2) is 42.7 Å². The predicted octanol–water partition coefficient (Wildman–Crippen LogP) is 5.83. The molecule has 0 bridgehead atoms. The molecule has 0 radical (unpaired) electrons. The predicted molar refractivity (Wildman–Crippen MR) is 131 cm³/mol. The van der Waals surface area contributed by atoms with Gasteiger partial charge in [0.1, 0.15) is 18.0 Å². The third-order valence-electron chi connectivity index (χ3n) is 5.50. The van der Waals surface area contributed by atoms with Gasteiger partial charge in [-0.1, -0.05) is 13.8 Å². The normalized spacial score (nSPS) is 15.1. The summed E-state index contributed by atoms with van der Waals surface area (Å²) in [6, 6.07) is 6.36. The Morgan fingerprint density at radius 3 is 2.36 bits per heavy atom. The largest absolute Gasteiger partial charge is 0.496 e. The van der Waals surface area contributed by atoms with Crippen molar-refractivity contribution in [2.75, 3.05) is 26.1 Å². The molecule has 1 saturated heterocycles. The number of hydrogen-bond donors (Lipinski definition) is 1. The summed E-state index contributed by atoms with van der Waals surface area (Å²) < 4.78 is 49.6. The second kappa shape index (κ2) is 10.7. The molecule has 7 nitrogen and oxygen atoms in total. The van der Waals surface area contributed by atoms with Gasteiger partial charge in [0.25, 0.3) is 11.1 Å². The van der Waals surface area contributed by atoms with E-state index in [0.717, 1.165) is 45.5 Å². The fraction of sp³-hybridized carbons (Fsp3) is 0.320. The Morgan fingerprint density at radius 2 is 1.78 bits per heavy atom. The van der Waals surface area contributed by atoms with Crippen molar-refractivity contribution in [1.82, 2.24) is 4.90 Å². The topological polar surface area (TPSA) is 84.9 Å². The highest BCUT2D eigenvalue weighted by molar-refractivity contribution is 8.18. The molecule has 0 aromatic heterocycles. The van der Waals surface area contributed by atoms with E-state index < -0.39 is 35.3 Å². The summed E-state index contributed by atoms with van der Waals surface area (Å²) in [7, 11) is 2.82. The number of nitrogens with one attached hydrogen (secondary N) is 1. The van der Waals surface area contributed by atoms with Crippen molar-refractivity contribution in [3.8, 4) is 11.5 Å². The highest BCUT2D eigenvalue weighted by atomic mass is 32.2. The van der Waals surface area contributed by atoms with Gasteiger partial charge in [0, 0.05) is 0 Å². The zero-order chi connectivity index (χ0) is 26.8. The molecule has 1 heterocycles. The van der Waals surface area contributed by atoms with E-state index in [0.29, 0.717) is 11.8 Å². The van der Waals surface area contributed by atoms with Crippen LogP contribution in [0.1, 0.15) is 42.0 Å². The van der Waals surface area contributed by atoms with E-state index >= 15 is 0 Å². The zero-order valence-electron chi connectivity index (χ0n) is 20.3. The quantitative estimate of drug-likeness (QED) is 0.461. The van der Waals surface area contributed by atoms with Crippen molar-refractivity contribution < 1.29 is 37.0 Å². The Morgan fingerprint density at radius 1 is 1.11 bits per heavy atom. The van der Waals surface area contributed by atoms with E-state index in [2.05, 4.69) is 5.32 Å². The molecule has 192 valence electrons. The van der Waals surface area contributed by atoms with Crippen molar-refractivity contribution in [3.05, 3.63) is 57.5 Å². The molecular formula is C25H25F3N2O5S. The number of methoxy groups -OCH3 is 2. The summed E-state index contributed by atoms with van der Waals surface area (Å²) in [4.78, 5) is 38.8. The van der Waals surface area contributed by atoms with Gasteiger partial charge in [-0.05, 0) is 77.7 Å². The van der Waals surface area contributed by atoms with Gasteiger partial charge in [-0.3, -0.25) is 19.3 Å². The van der Waals surface area contributed by atoms with Crippen LogP contribution < -0.4 is 14.8 Å². The highest BCUT2D eigenvalue weighted by Gasteiger charge is 2.37. The smallest absolute Gasteiger partial charge is 0.416 e. The van der Waals surface area contributed by atoms with Crippen LogP contribution in [0.2, 0.25) is 0 Å². The maximum absolute atomic E-state index is 13.1. The lowest BCUT2D eigenvalue weighted by Gasteiger charge is -2.16. The van der Waals surface area contributed by atoms with Gasteiger partial charge in [-0.2, -0.15) is 13.2 Å². The van der Waals surface area contributed by atoms with E-state index in [1.54, 1.807) is 13.2 Å². The average molecular weight is 523 g/mol. The van der Waals surface area contributed by atoms with Crippen molar-refractivity contribution in [3.63, 3.8) is 0 Å². The minimum Gasteiger partial charge on any atom is -0.496 e. The van der Waals surface area contributed by atoms with Gasteiger partial charge in [0.2, 0.25) is 5.91 Å². The number of hydrogen-bond acceptors (Lipinski definition) is 6. The maximum atomic E-state index is 13.1. The molecule has 1 fully saturated rings. The second-order valence-electron chi connectivity index (χ2n) is 8.33. The Hall–Kier alpha value is -3.47. The monoisotopic (exact) mass is 522 g/mol. The first-order valence-electron chi connectivity index (χ1n) is 10.8. The summed E-state index contributed by atoms with van der Waals surface area (Å²) in [5.74, 6) is -0.647. The SMILES string of the molecule is COc1ccc(C(F)(F)F)cc1NC(=O)CN1C(=O)S/C(=C\c2cc(C(C)C)c(OC)cc2C)C1=O. The van der Waals surface area contributed by atoms with Crippen LogP contribution in [0.5, 0.6) is 11.5 Å². The van der Waals surface area contributed by atoms with Crippen LogP contribution in [0.15, 0.2) is 35.2 Å². The number of ether oxygens (including phenoxy) is 2. The molecule has 1 aliphatic rings. The molecular weight excluding hydrogens is 497 g/mol. The maximum Gasteiger partial charge on any atom is 0.416 e. The van der Waals surface area contributed by atoms with Crippen LogP contribution in [0, 0.1) is 6.92 Å². The van der Waals surface area contributed by atoms with Crippen LogP contribution >= 0.6 is 11.8 Å². The number of aryl methyl sites for hydroxylation is 1. The van der Waals surface area contributed by atoms with Crippen molar-refractivity contribution in [2.45, 2.75) is 32.9 Å². The molecule has 1 aliphatic heterocycles. The fourth-order valence-corrected chi connectivity index (χ4v) is 4.42. The first kappa shape index (κ1) is 27.1. The number of benzene rings is 2. The lowest BCUT2D eigenvalue weighted by atomic mass is 9.96. The molecule has 0 atom stereocenters. The highest BCUT2D eigenvalue weighted by Crippen LogP contribution is 2.37. The Balaban J connectivity index is 1.81. The van der Waals surface area contributed by atoms with E-state index in [1.165, 1.54) is 7.11 Å². The number of carbonyl (C=O) groups is 3. The summed E-state index contributed by atoms with van der Waals surface area (Å²) in [6.07, 6.45) is -3.04. The van der Waals surface area contributed by atoms with Crippen molar-refractivity contribution >= 4 is 40.6 Å². The Labute approximate surface area is 210 Å². The third kappa shape index (κ3) is 5.84. The molecule has 1 N–H and O–H groups in total. The zero-order valence-corrected chi connectivity index (χ0v) is 21.1. The van der Waals surface area contributed by atoms with Crippen molar-refractivity contribution in [2.24, 2.45) is 0 Å². The lowest BCUT2D eigenvalue weighted by molar-refractivity contribution is -0.137. The Kier molecular flexibility index (Phi) is 8.02. The minimum atomic E-state index is -4.63. The van der Waals surface area contributed by atoms with E-state index in [-0.39, 0.29) is 22.3 Å². The number of carbonyl (C=O) groups excluding carboxylic acids is 3.